The van der Waals surface area contributed by atoms with Gasteiger partial charge in [-0.2, -0.15) is 0 Å². The van der Waals surface area contributed by atoms with Gasteiger partial charge in [-0.1, -0.05) is 19.1 Å². The average molecular weight is 377 g/mol. The number of aliphatic hydroxyl groups is 1. The normalized spacial score (nSPS) is 16.0. The summed E-state index contributed by atoms with van der Waals surface area (Å²) in [6.45, 7) is 6.45. The molecule has 7 nitrogen and oxygen atoms in total. The number of carbonyl (C=O) groups is 2. The Kier molecular flexibility index (Phi) is 7.91. The van der Waals surface area contributed by atoms with E-state index in [-0.39, 0.29) is 37.2 Å². The van der Waals surface area contributed by atoms with Gasteiger partial charge >= 0.3 is 6.03 Å². The first-order valence-corrected chi connectivity index (χ1v) is 9.68. The van der Waals surface area contributed by atoms with Crippen LogP contribution in [0.5, 0.6) is 5.75 Å². The quantitative estimate of drug-likeness (QED) is 0.678. The van der Waals surface area contributed by atoms with Gasteiger partial charge in [0, 0.05) is 32.6 Å². The molecule has 1 aromatic rings. The van der Waals surface area contributed by atoms with Gasteiger partial charge in [-0.05, 0) is 43.4 Å². The fraction of sp³-hybridized carbons (Fsp3) is 0.600. The predicted molar refractivity (Wildman–Crippen MR) is 103 cm³/mol. The molecule has 0 bridgehead atoms. The van der Waals surface area contributed by atoms with Gasteiger partial charge in [-0.15, -0.1) is 0 Å². The maximum absolute atomic E-state index is 12.3. The number of phenolic OH excluding ortho intramolecular Hbond substituents is 1. The molecule has 0 saturated carbocycles. The van der Waals surface area contributed by atoms with Gasteiger partial charge in [0.1, 0.15) is 5.75 Å². The van der Waals surface area contributed by atoms with Crippen LogP contribution in [0.4, 0.5) is 4.79 Å². The third kappa shape index (κ3) is 6.43. The molecule has 0 unspecified atom stereocenters. The number of piperidine rings is 1. The first-order valence-electron chi connectivity index (χ1n) is 9.68. The minimum absolute atomic E-state index is 0.0738. The highest BCUT2D eigenvalue weighted by Crippen LogP contribution is 2.19. The molecule has 1 aliphatic heterocycles. The van der Waals surface area contributed by atoms with E-state index in [2.05, 4.69) is 12.2 Å². The highest BCUT2D eigenvalue weighted by atomic mass is 16.3. The van der Waals surface area contributed by atoms with E-state index in [9.17, 15) is 19.8 Å². The fourth-order valence-corrected chi connectivity index (χ4v) is 3.21. The first kappa shape index (κ1) is 21.0. The topological polar surface area (TPSA) is 93.1 Å². The molecule has 1 heterocycles. The molecular formula is C20H31N3O4. The van der Waals surface area contributed by atoms with Crippen LogP contribution in [0.1, 0.15) is 44.8 Å². The number of hydrogen-bond acceptors (Lipinski definition) is 4. The smallest absolute Gasteiger partial charge is 0.317 e. The van der Waals surface area contributed by atoms with Gasteiger partial charge in [0.2, 0.25) is 5.91 Å². The number of rotatable bonds is 7. The molecule has 0 radical (unpaired) electrons. The Hall–Kier alpha value is -2.28. The van der Waals surface area contributed by atoms with Crippen LogP contribution in [0.25, 0.3) is 0 Å². The number of carbonyl (C=O) groups excluding carboxylic acids is 2. The van der Waals surface area contributed by atoms with Gasteiger partial charge in [0.15, 0.2) is 0 Å². The molecule has 0 aromatic heterocycles. The van der Waals surface area contributed by atoms with Crippen molar-refractivity contribution < 1.29 is 19.8 Å². The number of amides is 3. The van der Waals surface area contributed by atoms with E-state index in [1.165, 1.54) is 17.0 Å². The van der Waals surface area contributed by atoms with E-state index in [4.69, 9.17) is 0 Å². The molecule has 0 spiro atoms. The SMILES string of the molecule is CCN(C[C@@H](O)c1cccc(O)c1)C(=O)NCCC(=O)N1CCC(C)CC1. The maximum Gasteiger partial charge on any atom is 0.317 e. The van der Waals surface area contributed by atoms with Gasteiger partial charge < -0.3 is 25.3 Å². The summed E-state index contributed by atoms with van der Waals surface area (Å²) in [5.41, 5.74) is 0.552. The largest absolute Gasteiger partial charge is 0.508 e. The van der Waals surface area contributed by atoms with Crippen LogP contribution in [0.15, 0.2) is 24.3 Å². The summed E-state index contributed by atoms with van der Waals surface area (Å²) >= 11 is 0. The van der Waals surface area contributed by atoms with Gasteiger partial charge in [0.05, 0.1) is 12.6 Å². The lowest BCUT2D eigenvalue weighted by molar-refractivity contribution is -0.132. The number of likely N-dealkylation sites (N-methyl/N-ethyl adjacent to an activating group) is 1. The molecule has 1 saturated heterocycles. The van der Waals surface area contributed by atoms with Crippen LogP contribution in [0.2, 0.25) is 0 Å². The highest BCUT2D eigenvalue weighted by Gasteiger charge is 2.21. The summed E-state index contributed by atoms with van der Waals surface area (Å²) in [5, 5.41) is 22.6. The number of aliphatic hydroxyl groups excluding tert-OH is 1. The molecule has 1 fully saturated rings. The van der Waals surface area contributed by atoms with E-state index in [0.29, 0.717) is 18.0 Å². The van der Waals surface area contributed by atoms with Crippen molar-refractivity contribution in [1.29, 1.82) is 0 Å². The molecule has 3 N–H and O–H groups in total. The van der Waals surface area contributed by atoms with Crippen LogP contribution < -0.4 is 5.32 Å². The summed E-state index contributed by atoms with van der Waals surface area (Å²) in [7, 11) is 0. The van der Waals surface area contributed by atoms with Crippen LogP contribution in [0, 0.1) is 5.92 Å². The molecular weight excluding hydrogens is 346 g/mol. The van der Waals surface area contributed by atoms with Crippen LogP contribution in [-0.2, 0) is 4.79 Å². The number of urea groups is 1. The number of benzene rings is 1. The Morgan fingerprint density at radius 2 is 2.04 bits per heavy atom. The van der Waals surface area contributed by atoms with Crippen LogP contribution in [0.3, 0.4) is 0 Å². The zero-order valence-corrected chi connectivity index (χ0v) is 16.2. The molecule has 7 heteroatoms. The summed E-state index contributed by atoms with van der Waals surface area (Å²) < 4.78 is 0. The number of aromatic hydroxyl groups is 1. The predicted octanol–water partition coefficient (Wildman–Crippen LogP) is 2.11. The number of hydrogen-bond donors (Lipinski definition) is 3. The minimum atomic E-state index is -0.889. The number of likely N-dealkylation sites (tertiary alicyclic amines) is 1. The van der Waals surface area contributed by atoms with Crippen molar-refractivity contribution in [2.45, 2.75) is 39.2 Å². The first-order chi connectivity index (χ1) is 12.9. The zero-order chi connectivity index (χ0) is 19.8. The van der Waals surface area contributed by atoms with E-state index in [1.54, 1.807) is 12.1 Å². The third-order valence-corrected chi connectivity index (χ3v) is 5.07. The zero-order valence-electron chi connectivity index (χ0n) is 16.2. The average Bonchev–Trinajstić information content (AvgIpc) is 2.66. The molecule has 150 valence electrons. The highest BCUT2D eigenvalue weighted by molar-refractivity contribution is 5.78. The van der Waals surface area contributed by atoms with Crippen molar-refractivity contribution in [3.63, 3.8) is 0 Å². The number of nitrogens with one attached hydrogen (secondary N) is 1. The van der Waals surface area contributed by atoms with Crippen LogP contribution in [-0.4, -0.2) is 64.7 Å². The van der Waals surface area contributed by atoms with Crippen molar-refractivity contribution >= 4 is 11.9 Å². The molecule has 1 atom stereocenters. The monoisotopic (exact) mass is 377 g/mol. The second kappa shape index (κ2) is 10.2. The van der Waals surface area contributed by atoms with E-state index >= 15 is 0 Å². The van der Waals surface area contributed by atoms with E-state index in [0.717, 1.165) is 25.9 Å². The van der Waals surface area contributed by atoms with Crippen molar-refractivity contribution in [2.75, 3.05) is 32.7 Å². The van der Waals surface area contributed by atoms with Crippen LogP contribution >= 0.6 is 0 Å². The van der Waals surface area contributed by atoms with E-state index < -0.39 is 6.10 Å². The summed E-state index contributed by atoms with van der Waals surface area (Å²) in [4.78, 5) is 27.9. The van der Waals surface area contributed by atoms with Gasteiger partial charge in [-0.3, -0.25) is 4.79 Å². The molecule has 1 aliphatic rings. The number of phenols is 1. The maximum atomic E-state index is 12.3. The molecule has 27 heavy (non-hydrogen) atoms. The third-order valence-electron chi connectivity index (χ3n) is 5.07. The number of nitrogens with zero attached hydrogens (tertiary/aromatic N) is 2. The lowest BCUT2D eigenvalue weighted by Gasteiger charge is -2.30. The minimum Gasteiger partial charge on any atom is -0.508 e. The Balaban J connectivity index is 1.76. The molecule has 1 aromatic carbocycles. The Bertz CT molecular complexity index is 629. The summed E-state index contributed by atoms with van der Waals surface area (Å²) in [5.74, 6) is 0.819. The van der Waals surface area contributed by atoms with Crippen molar-refractivity contribution in [2.24, 2.45) is 5.92 Å². The summed E-state index contributed by atoms with van der Waals surface area (Å²) in [6, 6.07) is 6.05. The standard InChI is InChI=1S/C20H31N3O4/c1-3-22(14-18(25)16-5-4-6-17(24)13-16)20(27)21-10-7-19(26)23-11-8-15(2)9-12-23/h4-6,13,15,18,24-25H,3,7-12,14H2,1-2H3,(H,21,27)/t18-/m1/s1. The van der Waals surface area contributed by atoms with E-state index in [1.807, 2.05) is 11.8 Å². The van der Waals surface area contributed by atoms with Crippen molar-refractivity contribution in [3.8, 4) is 5.75 Å². The van der Waals surface area contributed by atoms with Crippen molar-refractivity contribution in [3.05, 3.63) is 29.8 Å². The van der Waals surface area contributed by atoms with Gasteiger partial charge in [0.25, 0.3) is 0 Å². The lowest BCUT2D eigenvalue weighted by Crippen LogP contribution is -2.44. The summed E-state index contributed by atoms with van der Waals surface area (Å²) in [6.07, 6.45) is 1.47. The van der Waals surface area contributed by atoms with Gasteiger partial charge in [-0.25, -0.2) is 4.79 Å². The second-order valence-electron chi connectivity index (χ2n) is 7.19. The van der Waals surface area contributed by atoms with Crippen molar-refractivity contribution in [1.82, 2.24) is 15.1 Å². The lowest BCUT2D eigenvalue weighted by atomic mass is 9.99. The molecule has 2 rings (SSSR count). The second-order valence-corrected chi connectivity index (χ2v) is 7.19. The Morgan fingerprint density at radius 3 is 2.67 bits per heavy atom. The fourth-order valence-electron chi connectivity index (χ4n) is 3.21. The molecule has 0 aliphatic carbocycles. The Labute approximate surface area is 161 Å². The molecule has 3 amide bonds. The Morgan fingerprint density at radius 1 is 1.33 bits per heavy atom.